The second-order valence-corrected chi connectivity index (χ2v) is 4.60. The Labute approximate surface area is 134 Å². The molecule has 2 rings (SSSR count). The SMILES string of the molecule is O=C(O)c1cccc(NC(=O)c2c(C(=O)O)cccc2[N+](=O)[O-])c1. The van der Waals surface area contributed by atoms with Gasteiger partial charge in [0.25, 0.3) is 11.6 Å². The molecular formula is C15H10N2O7. The molecule has 0 aliphatic rings. The third-order valence-electron chi connectivity index (χ3n) is 3.06. The van der Waals surface area contributed by atoms with Crippen LogP contribution in [-0.4, -0.2) is 33.0 Å². The number of carboxylic acids is 2. The van der Waals surface area contributed by atoms with Crippen molar-refractivity contribution in [3.63, 3.8) is 0 Å². The Kier molecular flexibility index (Phi) is 4.55. The van der Waals surface area contributed by atoms with Gasteiger partial charge in [-0.1, -0.05) is 12.1 Å². The summed E-state index contributed by atoms with van der Waals surface area (Å²) in [5.74, 6) is -3.74. The fourth-order valence-electron chi connectivity index (χ4n) is 2.03. The molecule has 0 saturated carbocycles. The van der Waals surface area contributed by atoms with Gasteiger partial charge in [-0.05, 0) is 24.3 Å². The summed E-state index contributed by atoms with van der Waals surface area (Å²) in [5, 5.41) is 31.4. The highest BCUT2D eigenvalue weighted by atomic mass is 16.6. The smallest absolute Gasteiger partial charge is 0.336 e. The molecule has 9 heteroatoms. The monoisotopic (exact) mass is 330 g/mol. The Bertz CT molecular complexity index is 828. The van der Waals surface area contributed by atoms with Gasteiger partial charge in [0.05, 0.1) is 16.1 Å². The molecule has 2 aromatic rings. The summed E-state index contributed by atoms with van der Waals surface area (Å²) in [4.78, 5) is 44.6. The maximum absolute atomic E-state index is 12.3. The van der Waals surface area contributed by atoms with Crippen LogP contribution in [0.1, 0.15) is 31.1 Å². The summed E-state index contributed by atoms with van der Waals surface area (Å²) < 4.78 is 0. The first kappa shape index (κ1) is 16.6. The number of anilines is 1. The molecule has 0 bridgehead atoms. The van der Waals surface area contributed by atoms with Crippen LogP contribution in [0.15, 0.2) is 42.5 Å². The van der Waals surface area contributed by atoms with Gasteiger partial charge in [0, 0.05) is 11.8 Å². The molecule has 24 heavy (non-hydrogen) atoms. The predicted octanol–water partition coefficient (Wildman–Crippen LogP) is 2.24. The molecule has 0 saturated heterocycles. The molecule has 9 nitrogen and oxygen atoms in total. The van der Waals surface area contributed by atoms with E-state index in [0.29, 0.717) is 0 Å². The zero-order valence-electron chi connectivity index (χ0n) is 11.9. The number of amides is 1. The Morgan fingerprint density at radius 2 is 1.67 bits per heavy atom. The number of nitro groups is 1. The minimum absolute atomic E-state index is 0.0642. The van der Waals surface area contributed by atoms with Crippen LogP contribution in [-0.2, 0) is 0 Å². The quantitative estimate of drug-likeness (QED) is 0.562. The summed E-state index contributed by atoms with van der Waals surface area (Å²) >= 11 is 0. The van der Waals surface area contributed by atoms with E-state index in [-0.39, 0.29) is 11.3 Å². The molecule has 0 atom stereocenters. The second-order valence-electron chi connectivity index (χ2n) is 4.60. The maximum atomic E-state index is 12.3. The lowest BCUT2D eigenvalue weighted by Gasteiger charge is -2.09. The topological polar surface area (TPSA) is 147 Å². The molecule has 3 N–H and O–H groups in total. The van der Waals surface area contributed by atoms with Crippen molar-refractivity contribution in [2.75, 3.05) is 5.32 Å². The minimum Gasteiger partial charge on any atom is -0.478 e. The van der Waals surface area contributed by atoms with Crippen molar-refractivity contribution in [1.82, 2.24) is 0 Å². The minimum atomic E-state index is -1.50. The zero-order valence-corrected chi connectivity index (χ0v) is 11.9. The molecule has 0 aliphatic carbocycles. The van der Waals surface area contributed by atoms with Crippen molar-refractivity contribution in [3.8, 4) is 0 Å². The molecule has 0 spiro atoms. The zero-order chi connectivity index (χ0) is 17.9. The number of nitro benzene ring substituents is 1. The van der Waals surface area contributed by atoms with Crippen LogP contribution in [0.2, 0.25) is 0 Å². The first-order valence-electron chi connectivity index (χ1n) is 6.46. The standard InChI is InChI=1S/C15H10N2O7/c18-13(16-9-4-1-3-8(7-9)14(19)20)12-10(15(21)22)5-2-6-11(12)17(23)24/h1-7H,(H,16,18)(H,19,20)(H,21,22). The van der Waals surface area contributed by atoms with Crippen molar-refractivity contribution in [3.05, 3.63) is 69.3 Å². The Balaban J connectivity index is 2.46. The highest BCUT2D eigenvalue weighted by molar-refractivity contribution is 6.13. The summed E-state index contributed by atoms with van der Waals surface area (Å²) in [5.41, 5.74) is -1.85. The Hall–Kier alpha value is -3.75. The number of nitrogens with zero attached hydrogens (tertiary/aromatic N) is 1. The summed E-state index contributed by atoms with van der Waals surface area (Å²) in [6.45, 7) is 0. The van der Waals surface area contributed by atoms with Crippen LogP contribution in [0, 0.1) is 10.1 Å². The predicted molar refractivity (Wildman–Crippen MR) is 81.4 cm³/mol. The van der Waals surface area contributed by atoms with E-state index in [1.807, 2.05) is 0 Å². The molecule has 0 radical (unpaired) electrons. The molecule has 0 fully saturated rings. The van der Waals surface area contributed by atoms with Crippen LogP contribution in [0.4, 0.5) is 11.4 Å². The summed E-state index contributed by atoms with van der Waals surface area (Å²) in [6, 6.07) is 8.42. The van der Waals surface area contributed by atoms with Gasteiger partial charge in [-0.3, -0.25) is 14.9 Å². The molecule has 0 aliphatic heterocycles. The summed E-state index contributed by atoms with van der Waals surface area (Å²) in [7, 11) is 0. The third-order valence-corrected chi connectivity index (χ3v) is 3.06. The fraction of sp³-hybridized carbons (Fsp3) is 0. The van der Waals surface area contributed by atoms with Gasteiger partial charge < -0.3 is 15.5 Å². The van der Waals surface area contributed by atoms with Crippen molar-refractivity contribution < 1.29 is 29.5 Å². The van der Waals surface area contributed by atoms with Crippen LogP contribution in [0.5, 0.6) is 0 Å². The second kappa shape index (κ2) is 6.57. The van der Waals surface area contributed by atoms with E-state index in [1.54, 1.807) is 0 Å². The lowest BCUT2D eigenvalue weighted by molar-refractivity contribution is -0.385. The van der Waals surface area contributed by atoms with E-state index < -0.39 is 39.6 Å². The highest BCUT2D eigenvalue weighted by Gasteiger charge is 2.27. The number of benzene rings is 2. The number of carbonyl (C=O) groups is 3. The van der Waals surface area contributed by atoms with Gasteiger partial charge in [-0.2, -0.15) is 0 Å². The van der Waals surface area contributed by atoms with Gasteiger partial charge in [0.1, 0.15) is 5.56 Å². The van der Waals surface area contributed by atoms with Crippen LogP contribution >= 0.6 is 0 Å². The number of carbonyl (C=O) groups excluding carboxylic acids is 1. The normalized spacial score (nSPS) is 10.0. The summed E-state index contributed by atoms with van der Waals surface area (Å²) in [6.07, 6.45) is 0. The van der Waals surface area contributed by atoms with Gasteiger partial charge in [0.15, 0.2) is 0 Å². The lowest BCUT2D eigenvalue weighted by Crippen LogP contribution is -2.18. The van der Waals surface area contributed by atoms with E-state index >= 15 is 0 Å². The molecular weight excluding hydrogens is 320 g/mol. The van der Waals surface area contributed by atoms with Gasteiger partial charge in [-0.25, -0.2) is 9.59 Å². The maximum Gasteiger partial charge on any atom is 0.336 e. The van der Waals surface area contributed by atoms with Crippen LogP contribution < -0.4 is 5.32 Å². The van der Waals surface area contributed by atoms with E-state index in [9.17, 15) is 24.5 Å². The van der Waals surface area contributed by atoms with E-state index in [1.165, 1.54) is 18.2 Å². The molecule has 0 aromatic heterocycles. The van der Waals surface area contributed by atoms with Crippen molar-refractivity contribution in [2.24, 2.45) is 0 Å². The molecule has 0 unspecified atom stereocenters. The molecule has 2 aromatic carbocycles. The molecule has 122 valence electrons. The van der Waals surface area contributed by atoms with Crippen molar-refractivity contribution in [2.45, 2.75) is 0 Å². The highest BCUT2D eigenvalue weighted by Crippen LogP contribution is 2.24. The molecule has 0 heterocycles. The fourth-order valence-corrected chi connectivity index (χ4v) is 2.03. The first-order valence-corrected chi connectivity index (χ1v) is 6.46. The number of hydrogen-bond acceptors (Lipinski definition) is 5. The van der Waals surface area contributed by atoms with E-state index in [2.05, 4.69) is 5.32 Å². The number of rotatable bonds is 5. The van der Waals surface area contributed by atoms with Crippen LogP contribution in [0.3, 0.4) is 0 Å². The largest absolute Gasteiger partial charge is 0.478 e. The van der Waals surface area contributed by atoms with Gasteiger partial charge in [0.2, 0.25) is 0 Å². The van der Waals surface area contributed by atoms with Crippen molar-refractivity contribution in [1.29, 1.82) is 0 Å². The Morgan fingerprint density at radius 1 is 1.00 bits per heavy atom. The third kappa shape index (κ3) is 3.35. The number of nitrogens with one attached hydrogen (secondary N) is 1. The number of carboxylic acid groups (broad SMARTS) is 2. The lowest BCUT2D eigenvalue weighted by atomic mass is 10.0. The molecule has 1 amide bonds. The van der Waals surface area contributed by atoms with E-state index in [0.717, 1.165) is 24.3 Å². The number of aromatic carboxylic acids is 2. The number of hydrogen-bond donors (Lipinski definition) is 3. The Morgan fingerprint density at radius 3 is 2.25 bits per heavy atom. The average molecular weight is 330 g/mol. The first-order chi connectivity index (χ1) is 11.3. The van der Waals surface area contributed by atoms with Gasteiger partial charge >= 0.3 is 11.9 Å². The van der Waals surface area contributed by atoms with Crippen molar-refractivity contribution >= 4 is 29.2 Å². The average Bonchev–Trinajstić information content (AvgIpc) is 2.54. The van der Waals surface area contributed by atoms with Crippen LogP contribution in [0.25, 0.3) is 0 Å². The van der Waals surface area contributed by atoms with E-state index in [4.69, 9.17) is 10.2 Å². The van der Waals surface area contributed by atoms with Gasteiger partial charge in [-0.15, -0.1) is 0 Å².